The molecular formula is C15H20BrN3O2. The summed E-state index contributed by atoms with van der Waals surface area (Å²) < 4.78 is 11.3. The van der Waals surface area contributed by atoms with E-state index >= 15 is 0 Å². The van der Waals surface area contributed by atoms with Crippen molar-refractivity contribution in [3.8, 4) is 5.75 Å². The highest BCUT2D eigenvalue weighted by Gasteiger charge is 2.08. The highest BCUT2D eigenvalue weighted by Crippen LogP contribution is 2.26. The molecule has 2 rings (SSSR count). The van der Waals surface area contributed by atoms with Crippen molar-refractivity contribution in [1.29, 1.82) is 0 Å². The Kier molecular flexibility index (Phi) is 5.76. The van der Waals surface area contributed by atoms with Gasteiger partial charge in [0.25, 0.3) is 0 Å². The third-order valence-corrected chi connectivity index (χ3v) is 3.61. The Morgan fingerprint density at radius 3 is 2.76 bits per heavy atom. The van der Waals surface area contributed by atoms with Gasteiger partial charge in [-0.2, -0.15) is 0 Å². The van der Waals surface area contributed by atoms with E-state index in [0.717, 1.165) is 29.0 Å². The molecule has 1 aromatic heterocycles. The lowest BCUT2D eigenvalue weighted by Crippen LogP contribution is -2.18. The van der Waals surface area contributed by atoms with E-state index in [0.29, 0.717) is 18.2 Å². The first-order valence-electron chi connectivity index (χ1n) is 6.96. The molecule has 6 heteroatoms. The minimum Gasteiger partial charge on any atom is -0.486 e. The zero-order valence-corrected chi connectivity index (χ0v) is 14.1. The maximum Gasteiger partial charge on any atom is 0.145 e. The van der Waals surface area contributed by atoms with Crippen LogP contribution in [0.4, 0.5) is 0 Å². The molecule has 21 heavy (non-hydrogen) atoms. The molecule has 0 amide bonds. The molecule has 0 spiro atoms. The lowest BCUT2D eigenvalue weighted by atomic mass is 10.2. The van der Waals surface area contributed by atoms with Crippen LogP contribution >= 0.6 is 15.9 Å². The minimum atomic E-state index is 0.346. The van der Waals surface area contributed by atoms with Gasteiger partial charge in [-0.05, 0) is 53.0 Å². The molecule has 1 N–H and O–H groups in total. The Morgan fingerprint density at radius 2 is 2.14 bits per heavy atom. The van der Waals surface area contributed by atoms with Crippen LogP contribution < -0.4 is 10.1 Å². The molecule has 2 aromatic rings. The summed E-state index contributed by atoms with van der Waals surface area (Å²) in [7, 11) is 0. The highest BCUT2D eigenvalue weighted by atomic mass is 79.9. The van der Waals surface area contributed by atoms with Gasteiger partial charge in [0.2, 0.25) is 0 Å². The standard InChI is InChI=1S/C15H20BrN3O2/c1-10(2)7-17-8-12-4-5-15(13(16)6-12)20-9-14-11(3)18-21-19-14/h4-6,10,17H,7-9H2,1-3H3. The molecule has 0 unspecified atom stereocenters. The van der Waals surface area contributed by atoms with Crippen LogP contribution in [0.5, 0.6) is 5.75 Å². The van der Waals surface area contributed by atoms with E-state index in [9.17, 15) is 0 Å². The monoisotopic (exact) mass is 353 g/mol. The second-order valence-corrected chi connectivity index (χ2v) is 6.23. The molecule has 0 bridgehead atoms. The second-order valence-electron chi connectivity index (χ2n) is 5.37. The molecule has 0 radical (unpaired) electrons. The number of benzene rings is 1. The molecule has 1 heterocycles. The van der Waals surface area contributed by atoms with Crippen LogP contribution in [0.25, 0.3) is 0 Å². The lowest BCUT2D eigenvalue weighted by molar-refractivity contribution is 0.269. The fourth-order valence-electron chi connectivity index (χ4n) is 1.80. The van der Waals surface area contributed by atoms with Crippen LogP contribution in [0.3, 0.4) is 0 Å². The molecule has 0 aliphatic carbocycles. The Hall–Kier alpha value is -1.40. The van der Waals surface area contributed by atoms with Crippen molar-refractivity contribution < 1.29 is 9.37 Å². The van der Waals surface area contributed by atoms with Gasteiger partial charge in [-0.3, -0.25) is 0 Å². The molecule has 0 aliphatic heterocycles. The van der Waals surface area contributed by atoms with Crippen LogP contribution in [0.2, 0.25) is 0 Å². The van der Waals surface area contributed by atoms with Gasteiger partial charge >= 0.3 is 0 Å². The molecule has 1 aromatic carbocycles. The van der Waals surface area contributed by atoms with Gasteiger partial charge in [-0.1, -0.05) is 30.2 Å². The summed E-state index contributed by atoms with van der Waals surface area (Å²) in [6.07, 6.45) is 0. The summed E-state index contributed by atoms with van der Waals surface area (Å²) in [5.74, 6) is 1.43. The number of aryl methyl sites for hydroxylation is 1. The first-order valence-corrected chi connectivity index (χ1v) is 7.75. The van der Waals surface area contributed by atoms with Crippen molar-refractivity contribution in [2.75, 3.05) is 6.54 Å². The van der Waals surface area contributed by atoms with E-state index in [-0.39, 0.29) is 0 Å². The smallest absolute Gasteiger partial charge is 0.145 e. The van der Waals surface area contributed by atoms with Crippen molar-refractivity contribution in [1.82, 2.24) is 15.6 Å². The van der Waals surface area contributed by atoms with Crippen molar-refractivity contribution in [2.24, 2.45) is 5.92 Å². The number of rotatable bonds is 7. The van der Waals surface area contributed by atoms with E-state index in [1.54, 1.807) is 0 Å². The summed E-state index contributed by atoms with van der Waals surface area (Å²) in [4.78, 5) is 0. The van der Waals surface area contributed by atoms with E-state index < -0.39 is 0 Å². The number of aromatic nitrogens is 2. The first-order chi connectivity index (χ1) is 10.1. The van der Waals surface area contributed by atoms with Gasteiger partial charge in [0.05, 0.1) is 4.47 Å². The topological polar surface area (TPSA) is 60.2 Å². The molecular weight excluding hydrogens is 334 g/mol. The largest absolute Gasteiger partial charge is 0.486 e. The molecule has 0 saturated heterocycles. The number of halogens is 1. The molecule has 0 saturated carbocycles. The number of ether oxygens (including phenoxy) is 1. The van der Waals surface area contributed by atoms with Gasteiger partial charge in [-0.15, -0.1) is 0 Å². The van der Waals surface area contributed by atoms with Gasteiger partial charge in [0.1, 0.15) is 23.7 Å². The third kappa shape index (κ3) is 4.82. The SMILES string of the molecule is Cc1nonc1COc1ccc(CNCC(C)C)cc1Br. The summed E-state index contributed by atoms with van der Waals surface area (Å²) in [6.45, 7) is 8.44. The fourth-order valence-corrected chi connectivity index (χ4v) is 2.34. The lowest BCUT2D eigenvalue weighted by Gasteiger charge is -2.10. The summed E-state index contributed by atoms with van der Waals surface area (Å²) >= 11 is 3.54. The minimum absolute atomic E-state index is 0.346. The van der Waals surface area contributed by atoms with Crippen molar-refractivity contribution in [3.05, 3.63) is 39.6 Å². The predicted octanol–water partition coefficient (Wildman–Crippen LogP) is 3.47. The Labute approximate surface area is 133 Å². The number of hydrogen-bond donors (Lipinski definition) is 1. The first kappa shape index (κ1) is 16.0. The van der Waals surface area contributed by atoms with Crippen molar-refractivity contribution in [3.63, 3.8) is 0 Å². The second kappa shape index (κ2) is 7.56. The Balaban J connectivity index is 1.91. The predicted molar refractivity (Wildman–Crippen MR) is 84.1 cm³/mol. The zero-order valence-electron chi connectivity index (χ0n) is 12.5. The number of hydrogen-bond acceptors (Lipinski definition) is 5. The van der Waals surface area contributed by atoms with Crippen LogP contribution in [0, 0.1) is 12.8 Å². The van der Waals surface area contributed by atoms with E-state index in [1.807, 2.05) is 13.0 Å². The Bertz CT molecular complexity index is 584. The average Bonchev–Trinajstić information content (AvgIpc) is 2.83. The fraction of sp³-hybridized carbons (Fsp3) is 0.467. The normalized spacial score (nSPS) is 11.1. The summed E-state index contributed by atoms with van der Waals surface area (Å²) in [6, 6.07) is 6.08. The Morgan fingerprint density at radius 1 is 1.33 bits per heavy atom. The third-order valence-electron chi connectivity index (χ3n) is 2.99. The summed E-state index contributed by atoms with van der Waals surface area (Å²) in [5.41, 5.74) is 2.68. The van der Waals surface area contributed by atoms with Gasteiger partial charge < -0.3 is 10.1 Å². The van der Waals surface area contributed by atoms with E-state index in [2.05, 4.69) is 62.2 Å². The van der Waals surface area contributed by atoms with Crippen LogP contribution in [0.1, 0.15) is 30.8 Å². The van der Waals surface area contributed by atoms with Crippen LogP contribution in [0.15, 0.2) is 27.3 Å². The van der Waals surface area contributed by atoms with Gasteiger partial charge in [0, 0.05) is 6.54 Å². The quantitative estimate of drug-likeness (QED) is 0.825. The summed E-state index contributed by atoms with van der Waals surface area (Å²) in [5, 5.41) is 10.9. The zero-order chi connectivity index (χ0) is 15.2. The van der Waals surface area contributed by atoms with Crippen molar-refractivity contribution in [2.45, 2.75) is 33.9 Å². The van der Waals surface area contributed by atoms with Gasteiger partial charge in [0.15, 0.2) is 0 Å². The number of nitrogens with zero attached hydrogens (tertiary/aromatic N) is 2. The highest BCUT2D eigenvalue weighted by molar-refractivity contribution is 9.10. The van der Waals surface area contributed by atoms with E-state index in [1.165, 1.54) is 5.56 Å². The van der Waals surface area contributed by atoms with Crippen LogP contribution in [-0.2, 0) is 13.2 Å². The molecule has 0 aliphatic rings. The van der Waals surface area contributed by atoms with Gasteiger partial charge in [-0.25, -0.2) is 4.63 Å². The average molecular weight is 354 g/mol. The van der Waals surface area contributed by atoms with Crippen LogP contribution in [-0.4, -0.2) is 16.9 Å². The maximum atomic E-state index is 5.73. The molecule has 5 nitrogen and oxygen atoms in total. The molecule has 114 valence electrons. The van der Waals surface area contributed by atoms with E-state index in [4.69, 9.17) is 4.74 Å². The maximum absolute atomic E-state index is 5.73. The number of nitrogens with one attached hydrogen (secondary N) is 1. The molecule has 0 atom stereocenters. The van der Waals surface area contributed by atoms with Crippen molar-refractivity contribution >= 4 is 15.9 Å². The molecule has 0 fully saturated rings.